The van der Waals surface area contributed by atoms with Crippen molar-refractivity contribution in [2.24, 2.45) is 0 Å². The van der Waals surface area contributed by atoms with Crippen LogP contribution in [0.25, 0.3) is 0 Å². The predicted octanol–water partition coefficient (Wildman–Crippen LogP) is 5.18. The number of nitrogens with one attached hydrogen (secondary N) is 1. The zero-order valence-corrected chi connectivity index (χ0v) is 14.9. The number of amides is 1. The number of hydrogen-bond donors (Lipinski definition) is 1. The van der Waals surface area contributed by atoms with E-state index < -0.39 is 11.9 Å². The third-order valence-corrected chi connectivity index (χ3v) is 3.88. The van der Waals surface area contributed by atoms with Crippen LogP contribution in [0.1, 0.15) is 33.3 Å². The lowest BCUT2D eigenvalue weighted by Gasteiger charge is -2.20. The van der Waals surface area contributed by atoms with Gasteiger partial charge in [0.2, 0.25) is 0 Å². The van der Waals surface area contributed by atoms with Crippen LogP contribution in [0.5, 0.6) is 5.75 Å². The van der Waals surface area contributed by atoms with Gasteiger partial charge in [-0.1, -0.05) is 44.5 Å². The van der Waals surface area contributed by atoms with E-state index in [0.717, 1.165) is 0 Å². The van der Waals surface area contributed by atoms with Crippen LogP contribution in [0.2, 0.25) is 5.02 Å². The Morgan fingerprint density at radius 3 is 2.33 bits per heavy atom. The van der Waals surface area contributed by atoms with Crippen molar-refractivity contribution < 1.29 is 13.9 Å². The van der Waals surface area contributed by atoms with Gasteiger partial charge in [0.1, 0.15) is 11.6 Å². The lowest BCUT2D eigenvalue weighted by atomic mass is 9.87. The molecule has 24 heavy (non-hydrogen) atoms. The Labute approximate surface area is 146 Å². The quantitative estimate of drug-likeness (QED) is 0.825. The van der Waals surface area contributed by atoms with E-state index in [0.29, 0.717) is 11.4 Å². The summed E-state index contributed by atoms with van der Waals surface area (Å²) in [4.78, 5) is 12.2. The fourth-order valence-corrected chi connectivity index (χ4v) is 2.29. The predicted molar refractivity (Wildman–Crippen MR) is 95.3 cm³/mol. The molecule has 0 radical (unpaired) electrons. The molecule has 0 aromatic heterocycles. The summed E-state index contributed by atoms with van der Waals surface area (Å²) in [5.41, 5.74) is 1.67. The van der Waals surface area contributed by atoms with Crippen molar-refractivity contribution in [2.45, 2.75) is 39.2 Å². The number of rotatable bonds is 4. The molecule has 0 aliphatic carbocycles. The smallest absolute Gasteiger partial charge is 0.265 e. The first-order valence-electron chi connectivity index (χ1n) is 7.70. The minimum atomic E-state index is -0.700. The van der Waals surface area contributed by atoms with Gasteiger partial charge in [0.05, 0.1) is 5.02 Å². The molecule has 0 spiro atoms. The van der Waals surface area contributed by atoms with E-state index in [1.165, 1.54) is 23.8 Å². The highest BCUT2D eigenvalue weighted by atomic mass is 35.5. The zero-order valence-electron chi connectivity index (χ0n) is 14.2. The molecular weight excluding hydrogens is 329 g/mol. The molecule has 0 bridgehead atoms. The molecule has 3 nitrogen and oxygen atoms in total. The second-order valence-electron chi connectivity index (χ2n) is 6.65. The number of hydrogen-bond acceptors (Lipinski definition) is 2. The van der Waals surface area contributed by atoms with Crippen LogP contribution in [0.4, 0.5) is 10.1 Å². The normalized spacial score (nSPS) is 12.6. The molecule has 5 heteroatoms. The standard InChI is InChI=1S/C19H21ClFNO2/c1-12(18(23)22-14-7-10-17(21)16(20)11-14)24-15-8-5-13(6-9-15)19(2,3)4/h5-12H,1-4H3,(H,22,23)/t12-/m1/s1. The van der Waals surface area contributed by atoms with Gasteiger partial charge in [0.15, 0.2) is 6.10 Å². The van der Waals surface area contributed by atoms with Crippen molar-refractivity contribution in [3.63, 3.8) is 0 Å². The van der Waals surface area contributed by atoms with Gasteiger partial charge in [-0.2, -0.15) is 0 Å². The van der Waals surface area contributed by atoms with E-state index in [2.05, 4.69) is 26.1 Å². The Morgan fingerprint density at radius 2 is 1.79 bits per heavy atom. The van der Waals surface area contributed by atoms with Crippen LogP contribution in [0.15, 0.2) is 42.5 Å². The van der Waals surface area contributed by atoms with Crippen molar-refractivity contribution >= 4 is 23.2 Å². The molecule has 0 aliphatic rings. The Morgan fingerprint density at radius 1 is 1.17 bits per heavy atom. The highest BCUT2D eigenvalue weighted by molar-refractivity contribution is 6.31. The first-order valence-corrected chi connectivity index (χ1v) is 8.08. The highest BCUT2D eigenvalue weighted by Crippen LogP contribution is 2.25. The molecule has 2 aromatic carbocycles. The average molecular weight is 350 g/mol. The molecule has 0 heterocycles. The number of carbonyl (C=O) groups excluding carboxylic acids is 1. The van der Waals surface area contributed by atoms with E-state index in [1.807, 2.05) is 24.3 Å². The van der Waals surface area contributed by atoms with Crippen LogP contribution < -0.4 is 10.1 Å². The van der Waals surface area contributed by atoms with Crippen molar-refractivity contribution in [1.82, 2.24) is 0 Å². The fourth-order valence-electron chi connectivity index (χ4n) is 2.11. The molecule has 0 saturated heterocycles. The van der Waals surface area contributed by atoms with Gasteiger partial charge in [-0.25, -0.2) is 4.39 Å². The van der Waals surface area contributed by atoms with E-state index >= 15 is 0 Å². The molecule has 2 rings (SSSR count). The molecule has 0 saturated carbocycles. The fraction of sp³-hybridized carbons (Fsp3) is 0.316. The number of halogens is 2. The third-order valence-electron chi connectivity index (χ3n) is 3.59. The van der Waals surface area contributed by atoms with Gasteiger partial charge in [-0.3, -0.25) is 4.79 Å². The summed E-state index contributed by atoms with van der Waals surface area (Å²) < 4.78 is 18.8. The molecule has 128 valence electrons. The zero-order chi connectivity index (χ0) is 17.9. The van der Waals surface area contributed by atoms with E-state index in [1.54, 1.807) is 6.92 Å². The Bertz CT molecular complexity index is 723. The van der Waals surface area contributed by atoms with Gasteiger partial charge < -0.3 is 10.1 Å². The first-order chi connectivity index (χ1) is 11.2. The van der Waals surface area contributed by atoms with Crippen LogP contribution in [0, 0.1) is 5.82 Å². The van der Waals surface area contributed by atoms with Crippen molar-refractivity contribution in [3.8, 4) is 5.75 Å². The van der Waals surface area contributed by atoms with Gasteiger partial charge in [-0.05, 0) is 48.2 Å². The molecule has 2 aromatic rings. The van der Waals surface area contributed by atoms with Gasteiger partial charge in [0, 0.05) is 5.69 Å². The van der Waals surface area contributed by atoms with E-state index in [9.17, 15) is 9.18 Å². The van der Waals surface area contributed by atoms with Gasteiger partial charge in [0.25, 0.3) is 5.91 Å². The number of benzene rings is 2. The summed E-state index contributed by atoms with van der Waals surface area (Å²) in [6.45, 7) is 8.05. The molecule has 0 fully saturated rings. The topological polar surface area (TPSA) is 38.3 Å². The SMILES string of the molecule is C[C@@H](Oc1ccc(C(C)(C)C)cc1)C(=O)Nc1ccc(F)c(Cl)c1. The Balaban J connectivity index is 1.99. The van der Waals surface area contributed by atoms with Crippen LogP contribution in [-0.2, 0) is 10.2 Å². The van der Waals surface area contributed by atoms with Crippen molar-refractivity contribution in [2.75, 3.05) is 5.32 Å². The summed E-state index contributed by atoms with van der Waals surface area (Å²) in [6, 6.07) is 11.7. The minimum Gasteiger partial charge on any atom is -0.481 e. The lowest BCUT2D eigenvalue weighted by Crippen LogP contribution is -2.30. The van der Waals surface area contributed by atoms with Crippen molar-refractivity contribution in [1.29, 1.82) is 0 Å². The summed E-state index contributed by atoms with van der Waals surface area (Å²) in [6.07, 6.45) is -0.700. The monoisotopic (exact) mass is 349 g/mol. The lowest BCUT2D eigenvalue weighted by molar-refractivity contribution is -0.122. The van der Waals surface area contributed by atoms with Gasteiger partial charge in [-0.15, -0.1) is 0 Å². The number of carbonyl (C=O) groups is 1. The second-order valence-corrected chi connectivity index (χ2v) is 7.06. The van der Waals surface area contributed by atoms with Crippen LogP contribution in [-0.4, -0.2) is 12.0 Å². The molecule has 1 N–H and O–H groups in total. The molecular formula is C19H21ClFNO2. The van der Waals surface area contributed by atoms with Crippen LogP contribution >= 0.6 is 11.6 Å². The average Bonchev–Trinajstić information content (AvgIpc) is 2.50. The minimum absolute atomic E-state index is 0.0425. The maximum Gasteiger partial charge on any atom is 0.265 e. The maximum atomic E-state index is 13.1. The molecule has 0 unspecified atom stereocenters. The van der Waals surface area contributed by atoms with Gasteiger partial charge >= 0.3 is 0 Å². The molecule has 0 aliphatic heterocycles. The summed E-state index contributed by atoms with van der Waals surface area (Å²) in [5.74, 6) is -0.252. The largest absolute Gasteiger partial charge is 0.481 e. The Kier molecular flexibility index (Phi) is 5.50. The Hall–Kier alpha value is -2.07. The van der Waals surface area contributed by atoms with Crippen molar-refractivity contribution in [3.05, 3.63) is 58.9 Å². The molecule has 1 atom stereocenters. The number of anilines is 1. The molecule has 1 amide bonds. The third kappa shape index (κ3) is 4.71. The van der Waals surface area contributed by atoms with Crippen LogP contribution in [0.3, 0.4) is 0 Å². The number of ether oxygens (including phenoxy) is 1. The maximum absolute atomic E-state index is 13.1. The highest BCUT2D eigenvalue weighted by Gasteiger charge is 2.17. The first kappa shape index (κ1) is 18.3. The summed E-state index contributed by atoms with van der Waals surface area (Å²) in [5, 5.41) is 2.61. The van der Waals surface area contributed by atoms with E-state index in [-0.39, 0.29) is 16.3 Å². The second kappa shape index (κ2) is 7.22. The summed E-state index contributed by atoms with van der Waals surface area (Å²) >= 11 is 5.70. The van der Waals surface area contributed by atoms with E-state index in [4.69, 9.17) is 16.3 Å². The summed E-state index contributed by atoms with van der Waals surface area (Å²) in [7, 11) is 0.